The Morgan fingerprint density at radius 3 is 2.67 bits per heavy atom. The van der Waals surface area contributed by atoms with Crippen molar-refractivity contribution in [1.29, 1.82) is 0 Å². The van der Waals surface area contributed by atoms with E-state index < -0.39 is 0 Å². The van der Waals surface area contributed by atoms with Crippen LogP contribution >= 0.6 is 0 Å². The van der Waals surface area contributed by atoms with Crippen molar-refractivity contribution < 1.29 is 4.74 Å². The maximum absolute atomic E-state index is 6.29. The van der Waals surface area contributed by atoms with Gasteiger partial charge in [0.25, 0.3) is 0 Å². The number of ether oxygens (including phenoxy) is 1. The Bertz CT molecular complexity index is 562. The Morgan fingerprint density at radius 1 is 1.33 bits per heavy atom. The lowest BCUT2D eigenvalue weighted by atomic mass is 10.0. The zero-order valence-corrected chi connectivity index (χ0v) is 11.1. The van der Waals surface area contributed by atoms with Crippen LogP contribution in [0.2, 0.25) is 0 Å². The van der Waals surface area contributed by atoms with E-state index in [0.717, 1.165) is 22.5 Å². The van der Waals surface area contributed by atoms with Gasteiger partial charge < -0.3 is 10.5 Å². The predicted molar refractivity (Wildman–Crippen MR) is 69.5 cm³/mol. The third-order valence-corrected chi connectivity index (χ3v) is 3.01. The molecule has 2 aromatic rings. The zero-order chi connectivity index (χ0) is 13.3. The summed E-state index contributed by atoms with van der Waals surface area (Å²) in [5, 5.41) is 4.17. The first-order valence-electron chi connectivity index (χ1n) is 5.79. The maximum Gasteiger partial charge on any atom is 0.161 e. The second-order valence-corrected chi connectivity index (χ2v) is 4.41. The number of rotatable bonds is 3. The van der Waals surface area contributed by atoms with Gasteiger partial charge in [0.2, 0.25) is 0 Å². The van der Waals surface area contributed by atoms with E-state index in [9.17, 15) is 0 Å². The van der Waals surface area contributed by atoms with Crippen LogP contribution in [0, 0.1) is 13.8 Å². The van der Waals surface area contributed by atoms with Gasteiger partial charge in [-0.3, -0.25) is 9.67 Å². The number of nitrogens with two attached hydrogens (primary N) is 1. The molecule has 96 valence electrons. The molecular formula is C13H18N4O. The third-order valence-electron chi connectivity index (χ3n) is 3.01. The number of methoxy groups -OCH3 is 1. The highest BCUT2D eigenvalue weighted by Gasteiger charge is 2.21. The van der Waals surface area contributed by atoms with Gasteiger partial charge in [-0.05, 0) is 25.0 Å². The van der Waals surface area contributed by atoms with Crippen LogP contribution in [0.4, 0.5) is 0 Å². The van der Waals surface area contributed by atoms with Crippen molar-refractivity contribution in [3.63, 3.8) is 0 Å². The molecule has 5 heteroatoms. The van der Waals surface area contributed by atoms with Gasteiger partial charge >= 0.3 is 0 Å². The molecule has 18 heavy (non-hydrogen) atoms. The standard InChI is InChI=1S/C13H18N4O/c1-8-5-9(2)12(15-6-8)11(14)13-10(18-4)7-16-17(13)3/h5-7,11H,14H2,1-4H3. The molecule has 1 atom stereocenters. The molecule has 0 bridgehead atoms. The van der Waals surface area contributed by atoms with Gasteiger partial charge in [0.05, 0.1) is 25.0 Å². The SMILES string of the molecule is COc1cnn(C)c1C(N)c1ncc(C)cc1C. The summed E-state index contributed by atoms with van der Waals surface area (Å²) >= 11 is 0. The molecule has 0 radical (unpaired) electrons. The normalized spacial score (nSPS) is 12.5. The maximum atomic E-state index is 6.29. The van der Waals surface area contributed by atoms with Crippen molar-refractivity contribution in [2.75, 3.05) is 7.11 Å². The minimum Gasteiger partial charge on any atom is -0.493 e. The molecule has 0 saturated heterocycles. The lowest BCUT2D eigenvalue weighted by Gasteiger charge is -2.15. The molecule has 0 aromatic carbocycles. The first-order valence-corrected chi connectivity index (χ1v) is 5.79. The number of hydrogen-bond acceptors (Lipinski definition) is 4. The van der Waals surface area contributed by atoms with Gasteiger partial charge in [0.1, 0.15) is 5.69 Å². The summed E-state index contributed by atoms with van der Waals surface area (Å²) < 4.78 is 7.01. The molecule has 1 unspecified atom stereocenters. The lowest BCUT2D eigenvalue weighted by Crippen LogP contribution is -2.19. The molecule has 0 spiro atoms. The molecule has 2 heterocycles. The highest BCUT2D eigenvalue weighted by atomic mass is 16.5. The van der Waals surface area contributed by atoms with E-state index in [1.165, 1.54) is 0 Å². The van der Waals surface area contributed by atoms with Crippen molar-refractivity contribution in [3.8, 4) is 5.75 Å². The molecule has 2 aromatic heterocycles. The van der Waals surface area contributed by atoms with E-state index in [-0.39, 0.29) is 6.04 Å². The number of hydrogen-bond donors (Lipinski definition) is 1. The molecule has 0 aliphatic carbocycles. The van der Waals surface area contributed by atoms with E-state index in [1.807, 2.05) is 27.1 Å². The van der Waals surface area contributed by atoms with Crippen LogP contribution in [0.5, 0.6) is 5.75 Å². The highest BCUT2D eigenvalue weighted by Crippen LogP contribution is 2.28. The van der Waals surface area contributed by atoms with E-state index in [1.54, 1.807) is 18.0 Å². The van der Waals surface area contributed by atoms with Crippen LogP contribution in [0.15, 0.2) is 18.5 Å². The molecule has 0 saturated carbocycles. The first kappa shape index (κ1) is 12.6. The molecule has 0 aliphatic rings. The van der Waals surface area contributed by atoms with Gasteiger partial charge in [-0.1, -0.05) is 6.07 Å². The predicted octanol–water partition coefficient (Wildman–Crippen LogP) is 1.49. The van der Waals surface area contributed by atoms with Crippen LogP contribution in [0.25, 0.3) is 0 Å². The van der Waals surface area contributed by atoms with Crippen LogP contribution in [-0.2, 0) is 7.05 Å². The Kier molecular flexibility index (Phi) is 3.34. The summed E-state index contributed by atoms with van der Waals surface area (Å²) in [6, 6.07) is 1.73. The van der Waals surface area contributed by atoms with Crippen molar-refractivity contribution in [2.45, 2.75) is 19.9 Å². The molecule has 0 aliphatic heterocycles. The second kappa shape index (κ2) is 4.78. The third kappa shape index (κ3) is 2.09. The number of aromatic nitrogens is 3. The van der Waals surface area contributed by atoms with Crippen molar-refractivity contribution >= 4 is 0 Å². The number of nitrogens with zero attached hydrogens (tertiary/aromatic N) is 3. The molecular weight excluding hydrogens is 228 g/mol. The number of pyridine rings is 1. The topological polar surface area (TPSA) is 66.0 Å². The smallest absolute Gasteiger partial charge is 0.161 e. The fourth-order valence-electron chi connectivity index (χ4n) is 2.12. The molecule has 2 N–H and O–H groups in total. The summed E-state index contributed by atoms with van der Waals surface area (Å²) in [5.41, 5.74) is 10.2. The summed E-state index contributed by atoms with van der Waals surface area (Å²) in [4.78, 5) is 4.43. The van der Waals surface area contributed by atoms with Gasteiger partial charge in [-0.15, -0.1) is 0 Å². The monoisotopic (exact) mass is 246 g/mol. The average Bonchev–Trinajstić information content (AvgIpc) is 2.69. The van der Waals surface area contributed by atoms with Crippen LogP contribution in [-0.4, -0.2) is 21.9 Å². The Labute approximate surface area is 107 Å². The summed E-state index contributed by atoms with van der Waals surface area (Å²) in [7, 11) is 3.46. The fraction of sp³-hybridized carbons (Fsp3) is 0.385. The lowest BCUT2D eigenvalue weighted by molar-refractivity contribution is 0.405. The van der Waals surface area contributed by atoms with E-state index >= 15 is 0 Å². The molecule has 0 amide bonds. The minimum absolute atomic E-state index is 0.340. The second-order valence-electron chi connectivity index (χ2n) is 4.41. The quantitative estimate of drug-likeness (QED) is 0.891. The Balaban J connectivity index is 2.47. The average molecular weight is 246 g/mol. The van der Waals surface area contributed by atoms with Gasteiger partial charge in [0.15, 0.2) is 5.75 Å². The highest BCUT2D eigenvalue weighted by molar-refractivity contribution is 5.36. The van der Waals surface area contributed by atoms with Crippen molar-refractivity contribution in [2.24, 2.45) is 12.8 Å². The van der Waals surface area contributed by atoms with Gasteiger partial charge in [-0.25, -0.2) is 0 Å². The summed E-state index contributed by atoms with van der Waals surface area (Å²) in [6.07, 6.45) is 3.49. The zero-order valence-electron chi connectivity index (χ0n) is 11.1. The van der Waals surface area contributed by atoms with E-state index in [0.29, 0.717) is 5.75 Å². The first-order chi connectivity index (χ1) is 8.54. The fourth-order valence-corrected chi connectivity index (χ4v) is 2.12. The van der Waals surface area contributed by atoms with Crippen LogP contribution in [0.1, 0.15) is 28.6 Å². The van der Waals surface area contributed by atoms with E-state index in [2.05, 4.69) is 16.1 Å². The van der Waals surface area contributed by atoms with E-state index in [4.69, 9.17) is 10.5 Å². The van der Waals surface area contributed by atoms with Crippen LogP contribution < -0.4 is 10.5 Å². The number of aryl methyl sites for hydroxylation is 3. The van der Waals surface area contributed by atoms with Gasteiger partial charge in [-0.2, -0.15) is 5.10 Å². The summed E-state index contributed by atoms with van der Waals surface area (Å²) in [5.74, 6) is 0.687. The molecule has 2 rings (SSSR count). The largest absolute Gasteiger partial charge is 0.493 e. The molecule has 5 nitrogen and oxygen atoms in total. The van der Waals surface area contributed by atoms with Gasteiger partial charge in [0, 0.05) is 13.2 Å². The molecule has 0 fully saturated rings. The Morgan fingerprint density at radius 2 is 2.06 bits per heavy atom. The van der Waals surface area contributed by atoms with Crippen molar-refractivity contribution in [3.05, 3.63) is 41.0 Å². The summed E-state index contributed by atoms with van der Waals surface area (Å²) in [6.45, 7) is 4.03. The Hall–Kier alpha value is -1.88. The minimum atomic E-state index is -0.340. The van der Waals surface area contributed by atoms with Crippen molar-refractivity contribution in [1.82, 2.24) is 14.8 Å². The van der Waals surface area contributed by atoms with Crippen LogP contribution in [0.3, 0.4) is 0 Å².